The standard InChI is InChI=1S/C17H20O/c1-18-15-6-13-5-14(16(13)15)17-7-10-2-11(8-17)4-12(3-10)9-17/h5-6,10-12H,2-4,7-9H2,1H3. The topological polar surface area (TPSA) is 9.23 Å². The van der Waals surface area contributed by atoms with E-state index in [0.29, 0.717) is 5.41 Å². The van der Waals surface area contributed by atoms with Gasteiger partial charge in [0.1, 0.15) is 5.75 Å². The van der Waals surface area contributed by atoms with Crippen molar-refractivity contribution in [1.82, 2.24) is 0 Å². The van der Waals surface area contributed by atoms with Gasteiger partial charge in [0.05, 0.1) is 7.11 Å². The number of methoxy groups -OCH3 is 1. The minimum atomic E-state index is 0.561. The van der Waals surface area contributed by atoms with Crippen molar-refractivity contribution >= 4 is 0 Å². The summed E-state index contributed by atoms with van der Waals surface area (Å²) >= 11 is 0. The highest BCUT2D eigenvalue weighted by Crippen LogP contribution is 2.65. The van der Waals surface area contributed by atoms with Crippen molar-refractivity contribution in [3.05, 3.63) is 17.7 Å². The lowest BCUT2D eigenvalue weighted by Crippen LogP contribution is -2.49. The van der Waals surface area contributed by atoms with Gasteiger partial charge in [0.15, 0.2) is 0 Å². The first-order valence-corrected chi connectivity index (χ1v) is 7.50. The molecule has 0 aromatic rings. The maximum atomic E-state index is 5.48. The van der Waals surface area contributed by atoms with Crippen molar-refractivity contribution in [2.24, 2.45) is 17.8 Å². The summed E-state index contributed by atoms with van der Waals surface area (Å²) in [4.78, 5) is 0. The molecule has 0 spiro atoms. The molecule has 0 aliphatic heterocycles. The van der Waals surface area contributed by atoms with Gasteiger partial charge in [-0.1, -0.05) is 0 Å². The van der Waals surface area contributed by atoms with Crippen molar-refractivity contribution < 1.29 is 4.74 Å². The first-order chi connectivity index (χ1) is 8.77. The Kier molecular flexibility index (Phi) is 1.62. The summed E-state index contributed by atoms with van der Waals surface area (Å²) in [5.41, 5.74) is 5.19. The van der Waals surface area contributed by atoms with E-state index < -0.39 is 0 Å². The summed E-state index contributed by atoms with van der Waals surface area (Å²) in [6, 6.07) is 4.66. The minimum Gasteiger partial charge on any atom is -0.496 e. The van der Waals surface area contributed by atoms with Crippen LogP contribution in [-0.2, 0) is 5.41 Å². The zero-order chi connectivity index (χ0) is 11.9. The van der Waals surface area contributed by atoms with E-state index in [-0.39, 0.29) is 0 Å². The Morgan fingerprint density at radius 2 is 1.61 bits per heavy atom. The Labute approximate surface area is 109 Å². The summed E-state index contributed by atoms with van der Waals surface area (Å²) in [5, 5.41) is 0. The van der Waals surface area contributed by atoms with Crippen LogP contribution in [0.25, 0.3) is 11.1 Å². The molecule has 0 N–H and O–H groups in total. The van der Waals surface area contributed by atoms with Gasteiger partial charge in [-0.3, -0.25) is 0 Å². The minimum absolute atomic E-state index is 0.561. The Morgan fingerprint density at radius 1 is 1.00 bits per heavy atom. The first-order valence-electron chi connectivity index (χ1n) is 7.50. The van der Waals surface area contributed by atoms with Gasteiger partial charge in [-0.15, -0.1) is 0 Å². The second-order valence-corrected chi connectivity index (χ2v) is 7.30. The van der Waals surface area contributed by atoms with Crippen molar-refractivity contribution in [2.75, 3.05) is 7.11 Å². The van der Waals surface area contributed by atoms with Crippen LogP contribution in [0.3, 0.4) is 0 Å². The zero-order valence-electron chi connectivity index (χ0n) is 11.0. The molecule has 4 saturated carbocycles. The molecule has 0 atom stereocenters. The zero-order valence-corrected chi connectivity index (χ0v) is 11.0. The molecule has 0 radical (unpaired) electrons. The quantitative estimate of drug-likeness (QED) is 0.766. The summed E-state index contributed by atoms with van der Waals surface area (Å²) in [6.07, 6.45) is 9.01. The SMILES string of the molecule is COc1cc2cc(C34CC5CC(CC(C5)C3)C4)c1-2. The van der Waals surface area contributed by atoms with Gasteiger partial charge in [-0.2, -0.15) is 0 Å². The molecule has 0 unspecified atom stereocenters. The molecule has 0 aromatic heterocycles. The first kappa shape index (κ1) is 9.89. The predicted molar refractivity (Wildman–Crippen MR) is 71.8 cm³/mol. The van der Waals surface area contributed by atoms with E-state index in [4.69, 9.17) is 4.74 Å². The average molecular weight is 240 g/mol. The molecule has 0 amide bonds. The molecule has 94 valence electrons. The highest BCUT2D eigenvalue weighted by atomic mass is 16.5. The van der Waals surface area contributed by atoms with Crippen LogP contribution in [-0.4, -0.2) is 7.11 Å². The fourth-order valence-corrected chi connectivity index (χ4v) is 5.92. The monoisotopic (exact) mass is 240 g/mol. The fraction of sp³-hybridized carbons (Fsp3) is 0.647. The Bertz CT molecular complexity index is 508. The second kappa shape index (κ2) is 2.95. The largest absolute Gasteiger partial charge is 0.496 e. The smallest absolute Gasteiger partial charge is 0.127 e. The summed E-state index contributed by atoms with van der Waals surface area (Å²) in [5.74, 6) is 4.27. The number of ether oxygens (including phenoxy) is 1. The van der Waals surface area contributed by atoms with Crippen molar-refractivity contribution in [1.29, 1.82) is 0 Å². The Balaban J connectivity index is 1.60. The third-order valence-electron chi connectivity index (χ3n) is 6.22. The van der Waals surface area contributed by atoms with E-state index in [1.807, 2.05) is 7.11 Å². The van der Waals surface area contributed by atoms with E-state index >= 15 is 0 Å². The molecule has 6 aliphatic rings. The van der Waals surface area contributed by atoms with Gasteiger partial charge in [0.2, 0.25) is 0 Å². The number of benzene rings is 1. The van der Waals surface area contributed by atoms with Crippen LogP contribution in [0.15, 0.2) is 12.1 Å². The molecule has 4 bridgehead atoms. The third kappa shape index (κ3) is 1.01. The fourth-order valence-electron chi connectivity index (χ4n) is 5.92. The Hall–Kier alpha value is -0.980. The molecule has 6 aliphatic carbocycles. The number of hydrogen-bond acceptors (Lipinski definition) is 1. The Morgan fingerprint density at radius 3 is 2.11 bits per heavy atom. The predicted octanol–water partition coefficient (Wildman–Crippen LogP) is 4.14. The highest BCUT2D eigenvalue weighted by molar-refractivity contribution is 5.90. The van der Waals surface area contributed by atoms with Crippen LogP contribution in [0.1, 0.15) is 44.1 Å². The molecule has 0 heterocycles. The number of rotatable bonds is 2. The van der Waals surface area contributed by atoms with E-state index in [1.54, 1.807) is 5.56 Å². The summed E-state index contributed by atoms with van der Waals surface area (Å²) < 4.78 is 5.48. The lowest BCUT2D eigenvalue weighted by atomic mass is 9.46. The highest BCUT2D eigenvalue weighted by Gasteiger charge is 2.53. The molecular formula is C17H20O. The van der Waals surface area contributed by atoms with Gasteiger partial charge in [0.25, 0.3) is 0 Å². The van der Waals surface area contributed by atoms with Crippen molar-refractivity contribution in [3.8, 4) is 16.9 Å². The lowest BCUT2D eigenvalue weighted by Gasteiger charge is -2.58. The van der Waals surface area contributed by atoms with Crippen LogP contribution in [0, 0.1) is 17.8 Å². The van der Waals surface area contributed by atoms with Crippen LogP contribution >= 0.6 is 0 Å². The van der Waals surface area contributed by atoms with Crippen LogP contribution < -0.4 is 4.74 Å². The van der Waals surface area contributed by atoms with E-state index in [1.165, 1.54) is 49.7 Å². The maximum absolute atomic E-state index is 5.48. The molecule has 1 heteroatoms. The number of hydrogen-bond donors (Lipinski definition) is 0. The van der Waals surface area contributed by atoms with Gasteiger partial charge in [0, 0.05) is 5.56 Å². The molecule has 4 fully saturated rings. The summed E-state index contributed by atoms with van der Waals surface area (Å²) in [6.45, 7) is 0. The van der Waals surface area contributed by atoms with Crippen LogP contribution in [0.4, 0.5) is 0 Å². The van der Waals surface area contributed by atoms with Gasteiger partial charge in [-0.25, -0.2) is 0 Å². The van der Waals surface area contributed by atoms with Gasteiger partial charge >= 0.3 is 0 Å². The molecule has 6 rings (SSSR count). The molecule has 18 heavy (non-hydrogen) atoms. The maximum Gasteiger partial charge on any atom is 0.127 e. The second-order valence-electron chi connectivity index (χ2n) is 7.30. The normalized spacial score (nSPS) is 42.2. The van der Waals surface area contributed by atoms with Crippen LogP contribution in [0.2, 0.25) is 0 Å². The third-order valence-corrected chi connectivity index (χ3v) is 6.22. The van der Waals surface area contributed by atoms with Crippen molar-refractivity contribution in [2.45, 2.75) is 43.9 Å². The average Bonchev–Trinajstić information content (AvgIpc) is 2.29. The van der Waals surface area contributed by atoms with Crippen molar-refractivity contribution in [3.63, 3.8) is 0 Å². The van der Waals surface area contributed by atoms with Gasteiger partial charge < -0.3 is 4.74 Å². The molecule has 0 saturated heterocycles. The van der Waals surface area contributed by atoms with E-state index in [0.717, 1.165) is 23.5 Å². The summed E-state index contributed by atoms with van der Waals surface area (Å²) in [7, 11) is 1.81. The van der Waals surface area contributed by atoms with Crippen LogP contribution in [0.5, 0.6) is 5.75 Å². The number of fused-ring (bicyclic) bond motifs is 1. The van der Waals surface area contributed by atoms with E-state index in [9.17, 15) is 0 Å². The molecule has 1 nitrogen and oxygen atoms in total. The molecular weight excluding hydrogens is 220 g/mol. The molecule has 0 aromatic carbocycles. The van der Waals surface area contributed by atoms with Gasteiger partial charge in [-0.05, 0) is 85.0 Å². The lowest BCUT2D eigenvalue weighted by molar-refractivity contribution is -0.00544. The van der Waals surface area contributed by atoms with E-state index in [2.05, 4.69) is 12.1 Å².